The van der Waals surface area contributed by atoms with Gasteiger partial charge in [0.15, 0.2) is 0 Å². The third-order valence-electron chi connectivity index (χ3n) is 14.3. The molecule has 10 aromatic rings. The second kappa shape index (κ2) is 13.8. The van der Waals surface area contributed by atoms with Gasteiger partial charge < -0.3 is 9.64 Å². The molecule has 0 aromatic heterocycles. The van der Waals surface area contributed by atoms with Crippen molar-refractivity contribution in [1.82, 2.24) is 0 Å². The molecule has 2 aliphatic carbocycles. The molecule has 0 N–H and O–H groups in total. The van der Waals surface area contributed by atoms with Crippen molar-refractivity contribution >= 4 is 27.8 Å². The Kier molecular flexibility index (Phi) is 7.90. The molecular weight excluding hydrogens is 775 g/mol. The molecule has 0 radical (unpaired) electrons. The molecule has 1 spiro atoms. The molecule has 3 aliphatic rings. The maximum absolute atomic E-state index is 6.91. The van der Waals surface area contributed by atoms with E-state index in [2.05, 4.69) is 243 Å². The van der Waals surface area contributed by atoms with E-state index in [1.54, 1.807) is 0 Å². The summed E-state index contributed by atoms with van der Waals surface area (Å²) < 4.78 is 6.91. The molecule has 302 valence electrons. The standard InChI is InChI=1S/C62H43NO/c1-61(2)52-22-10-8-19-49(52)50-37-36-46(39-57(50)61)63(44-32-27-41(28-33-44)40-15-4-3-5-16-40)45-34-29-43(30-35-45)47-21-14-25-55-59(47)51-20-9-11-23-53(51)62(55)54-24-12-13-26-58(54)64-60-48-18-7-6-17-42(48)31-38-56(60)62/h3-39H,1-2H3. The van der Waals surface area contributed by atoms with E-state index in [1.807, 2.05) is 0 Å². The largest absolute Gasteiger partial charge is 0.456 e. The van der Waals surface area contributed by atoms with Crippen molar-refractivity contribution in [1.29, 1.82) is 0 Å². The van der Waals surface area contributed by atoms with Crippen LogP contribution in [0, 0.1) is 0 Å². The maximum Gasteiger partial charge on any atom is 0.140 e. The van der Waals surface area contributed by atoms with Crippen LogP contribution in [0.4, 0.5) is 17.1 Å². The predicted molar refractivity (Wildman–Crippen MR) is 264 cm³/mol. The molecule has 1 aliphatic heterocycles. The van der Waals surface area contributed by atoms with Crippen LogP contribution in [-0.4, -0.2) is 0 Å². The van der Waals surface area contributed by atoms with Crippen LogP contribution in [0.25, 0.3) is 55.3 Å². The Balaban J connectivity index is 0.971. The van der Waals surface area contributed by atoms with Crippen molar-refractivity contribution in [2.45, 2.75) is 24.7 Å². The topological polar surface area (TPSA) is 12.5 Å². The first-order valence-electron chi connectivity index (χ1n) is 22.3. The molecule has 1 unspecified atom stereocenters. The molecule has 1 heterocycles. The van der Waals surface area contributed by atoms with E-state index >= 15 is 0 Å². The Bertz CT molecular complexity index is 3490. The van der Waals surface area contributed by atoms with Gasteiger partial charge in [-0.15, -0.1) is 0 Å². The van der Waals surface area contributed by atoms with E-state index < -0.39 is 5.41 Å². The Morgan fingerprint density at radius 1 is 0.359 bits per heavy atom. The summed E-state index contributed by atoms with van der Waals surface area (Å²) in [6.07, 6.45) is 0. The fraction of sp³-hybridized carbons (Fsp3) is 0.0645. The summed E-state index contributed by atoms with van der Waals surface area (Å²) in [7, 11) is 0. The van der Waals surface area contributed by atoms with Gasteiger partial charge in [0, 0.05) is 39.0 Å². The highest BCUT2D eigenvalue weighted by Crippen LogP contribution is 2.64. The van der Waals surface area contributed by atoms with E-state index in [9.17, 15) is 0 Å². The molecular formula is C62H43NO. The first kappa shape index (κ1) is 36.7. The van der Waals surface area contributed by atoms with Crippen LogP contribution in [0.5, 0.6) is 11.5 Å². The number of benzene rings is 10. The zero-order valence-corrected chi connectivity index (χ0v) is 35.7. The molecule has 0 saturated heterocycles. The van der Waals surface area contributed by atoms with Crippen molar-refractivity contribution in [3.63, 3.8) is 0 Å². The smallest absolute Gasteiger partial charge is 0.140 e. The Morgan fingerprint density at radius 3 is 1.73 bits per heavy atom. The van der Waals surface area contributed by atoms with Crippen LogP contribution in [0.1, 0.15) is 47.2 Å². The lowest BCUT2D eigenvalue weighted by Crippen LogP contribution is -2.32. The van der Waals surface area contributed by atoms with Crippen molar-refractivity contribution in [3.05, 3.63) is 258 Å². The van der Waals surface area contributed by atoms with Gasteiger partial charge in [0.2, 0.25) is 0 Å². The van der Waals surface area contributed by atoms with E-state index in [0.717, 1.165) is 33.9 Å². The van der Waals surface area contributed by atoms with E-state index in [0.29, 0.717) is 0 Å². The number of fused-ring (bicyclic) bond motifs is 14. The van der Waals surface area contributed by atoms with Gasteiger partial charge in [0.05, 0.1) is 5.41 Å². The summed E-state index contributed by atoms with van der Waals surface area (Å²) in [4.78, 5) is 2.41. The average Bonchev–Trinajstić information content (AvgIpc) is 3.77. The zero-order valence-electron chi connectivity index (χ0n) is 35.7. The Hall–Kier alpha value is -7.94. The summed E-state index contributed by atoms with van der Waals surface area (Å²) in [6, 6.07) is 82.5. The minimum atomic E-state index is -0.556. The monoisotopic (exact) mass is 817 g/mol. The third-order valence-corrected chi connectivity index (χ3v) is 14.3. The van der Waals surface area contributed by atoms with E-state index in [1.165, 1.54) is 83.3 Å². The fourth-order valence-electron chi connectivity index (χ4n) is 11.4. The van der Waals surface area contributed by atoms with Gasteiger partial charge in [-0.2, -0.15) is 0 Å². The molecule has 0 bridgehead atoms. The number of hydrogen-bond acceptors (Lipinski definition) is 2. The number of ether oxygens (including phenoxy) is 1. The molecule has 13 rings (SSSR count). The number of hydrogen-bond donors (Lipinski definition) is 0. The highest BCUT2D eigenvalue weighted by Gasteiger charge is 2.52. The predicted octanol–water partition coefficient (Wildman–Crippen LogP) is 16.4. The van der Waals surface area contributed by atoms with Crippen LogP contribution >= 0.6 is 0 Å². The van der Waals surface area contributed by atoms with Gasteiger partial charge in [0.25, 0.3) is 0 Å². The lowest BCUT2D eigenvalue weighted by Gasteiger charge is -2.39. The van der Waals surface area contributed by atoms with Gasteiger partial charge >= 0.3 is 0 Å². The number of anilines is 3. The number of para-hydroxylation sites is 1. The van der Waals surface area contributed by atoms with Crippen molar-refractivity contribution in [2.75, 3.05) is 4.90 Å². The molecule has 10 aromatic carbocycles. The Labute approximate surface area is 374 Å². The summed E-state index contributed by atoms with van der Waals surface area (Å²) in [5.74, 6) is 1.84. The highest BCUT2D eigenvalue weighted by atomic mass is 16.5. The second-order valence-corrected chi connectivity index (χ2v) is 18.0. The van der Waals surface area contributed by atoms with Gasteiger partial charge in [-0.3, -0.25) is 0 Å². The quantitative estimate of drug-likeness (QED) is 0.172. The van der Waals surface area contributed by atoms with Gasteiger partial charge in [-0.05, 0) is 115 Å². The van der Waals surface area contributed by atoms with Gasteiger partial charge in [-0.1, -0.05) is 196 Å². The summed E-state index contributed by atoms with van der Waals surface area (Å²) in [6.45, 7) is 4.71. The molecule has 0 saturated carbocycles. The minimum Gasteiger partial charge on any atom is -0.456 e. The second-order valence-electron chi connectivity index (χ2n) is 18.0. The number of rotatable bonds is 5. The zero-order chi connectivity index (χ0) is 42.6. The van der Waals surface area contributed by atoms with E-state index in [-0.39, 0.29) is 5.41 Å². The first-order valence-corrected chi connectivity index (χ1v) is 22.3. The van der Waals surface area contributed by atoms with Crippen molar-refractivity contribution in [3.8, 4) is 56.0 Å². The highest BCUT2D eigenvalue weighted by molar-refractivity contribution is 6.00. The molecule has 0 amide bonds. The maximum atomic E-state index is 6.91. The molecule has 2 heteroatoms. The van der Waals surface area contributed by atoms with Crippen LogP contribution in [0.3, 0.4) is 0 Å². The van der Waals surface area contributed by atoms with Crippen molar-refractivity contribution in [2.24, 2.45) is 0 Å². The summed E-state index contributed by atoms with van der Waals surface area (Å²) >= 11 is 0. The van der Waals surface area contributed by atoms with Crippen LogP contribution in [0.2, 0.25) is 0 Å². The Morgan fingerprint density at radius 2 is 0.938 bits per heavy atom. The number of nitrogens with zero attached hydrogens (tertiary/aromatic N) is 1. The third kappa shape index (κ3) is 5.14. The lowest BCUT2D eigenvalue weighted by molar-refractivity contribution is 0.441. The van der Waals surface area contributed by atoms with E-state index in [4.69, 9.17) is 4.74 Å². The fourth-order valence-corrected chi connectivity index (χ4v) is 11.4. The van der Waals surface area contributed by atoms with Crippen LogP contribution < -0.4 is 9.64 Å². The average molecular weight is 818 g/mol. The van der Waals surface area contributed by atoms with Crippen LogP contribution in [-0.2, 0) is 10.8 Å². The molecule has 1 atom stereocenters. The molecule has 64 heavy (non-hydrogen) atoms. The van der Waals surface area contributed by atoms with Gasteiger partial charge in [0.1, 0.15) is 11.5 Å². The lowest BCUT2D eigenvalue weighted by atomic mass is 9.65. The van der Waals surface area contributed by atoms with Crippen molar-refractivity contribution < 1.29 is 4.74 Å². The molecule has 0 fully saturated rings. The minimum absolute atomic E-state index is 0.117. The summed E-state index contributed by atoms with van der Waals surface area (Å²) in [5, 5.41) is 2.30. The summed E-state index contributed by atoms with van der Waals surface area (Å²) in [5.41, 5.74) is 20.3. The van der Waals surface area contributed by atoms with Crippen LogP contribution in [0.15, 0.2) is 224 Å². The normalized spacial score (nSPS) is 15.7. The van der Waals surface area contributed by atoms with Gasteiger partial charge in [-0.25, -0.2) is 0 Å². The molecule has 2 nitrogen and oxygen atoms in total. The first-order chi connectivity index (χ1) is 31.5. The SMILES string of the molecule is CC1(C)c2ccccc2-c2ccc(N(c3ccc(-c4ccccc4)cc3)c3ccc(-c4cccc5c4-c4ccccc4C54c5ccccc5Oc5c4ccc4ccccc54)cc3)cc21.